The minimum atomic E-state index is -1.73. The van der Waals surface area contributed by atoms with Crippen molar-refractivity contribution >= 4 is 15.9 Å². The monoisotopic (exact) mass is 236 g/mol. The molecule has 0 saturated heterocycles. The first-order valence-corrected chi connectivity index (χ1v) is 4.39. The lowest BCUT2D eigenvalue weighted by Crippen LogP contribution is -2.28. The van der Waals surface area contributed by atoms with Gasteiger partial charge in [-0.2, -0.15) is 0 Å². The molecular formula is C8H10BrFO2. The summed E-state index contributed by atoms with van der Waals surface area (Å²) in [6.07, 6.45) is 4.42. The third kappa shape index (κ3) is 1.94. The molecule has 2 atom stereocenters. The van der Waals surface area contributed by atoms with Crippen LogP contribution < -0.4 is 0 Å². The van der Waals surface area contributed by atoms with Crippen LogP contribution in [0.4, 0.5) is 4.39 Å². The third-order valence-corrected chi connectivity index (χ3v) is 2.61. The van der Waals surface area contributed by atoms with Gasteiger partial charge in [0.2, 0.25) is 0 Å². The average Bonchev–Trinajstić information content (AvgIpc) is 2.02. The predicted molar refractivity (Wildman–Crippen MR) is 47.7 cm³/mol. The van der Waals surface area contributed by atoms with Gasteiger partial charge in [-0.25, -0.2) is 4.39 Å². The summed E-state index contributed by atoms with van der Waals surface area (Å²) in [7, 11) is 0. The molecule has 4 heteroatoms. The summed E-state index contributed by atoms with van der Waals surface area (Å²) >= 11 is 2.83. The van der Waals surface area contributed by atoms with Crippen molar-refractivity contribution in [2.45, 2.75) is 4.58 Å². The number of rotatable bonds is 2. The Balaban J connectivity index is 2.83. The van der Waals surface area contributed by atoms with E-state index in [2.05, 4.69) is 15.9 Å². The number of aliphatic hydroxyl groups is 2. The van der Waals surface area contributed by atoms with Crippen molar-refractivity contribution in [2.75, 3.05) is 13.2 Å². The number of aliphatic hydroxyl groups excluding tert-OH is 2. The van der Waals surface area contributed by atoms with Gasteiger partial charge in [0.1, 0.15) is 0 Å². The lowest BCUT2D eigenvalue weighted by molar-refractivity contribution is 0.177. The molecule has 68 valence electrons. The maximum absolute atomic E-state index is 13.5. The Bertz CT molecular complexity index is 223. The fourth-order valence-corrected chi connectivity index (χ4v) is 1.64. The van der Waals surface area contributed by atoms with E-state index in [1.165, 1.54) is 6.08 Å². The number of hydrogen-bond donors (Lipinski definition) is 2. The first-order chi connectivity index (χ1) is 5.60. The number of allylic oxidation sites excluding steroid dienone is 1. The highest BCUT2D eigenvalue weighted by Gasteiger charge is 2.34. The fourth-order valence-electron chi connectivity index (χ4n) is 1.05. The quantitative estimate of drug-likeness (QED) is 0.707. The Hall–Kier alpha value is -0.190. The number of halogens is 2. The highest BCUT2D eigenvalue weighted by atomic mass is 79.9. The molecule has 0 radical (unpaired) electrons. The van der Waals surface area contributed by atoms with Gasteiger partial charge in [-0.3, -0.25) is 0 Å². The second-order valence-electron chi connectivity index (χ2n) is 2.70. The van der Waals surface area contributed by atoms with Crippen LogP contribution in [0.5, 0.6) is 0 Å². The van der Waals surface area contributed by atoms with Crippen molar-refractivity contribution in [3.63, 3.8) is 0 Å². The zero-order valence-electron chi connectivity index (χ0n) is 6.37. The van der Waals surface area contributed by atoms with Crippen LogP contribution in [0.3, 0.4) is 0 Å². The van der Waals surface area contributed by atoms with Crippen molar-refractivity contribution in [1.82, 2.24) is 0 Å². The maximum atomic E-state index is 13.5. The molecule has 1 aliphatic carbocycles. The summed E-state index contributed by atoms with van der Waals surface area (Å²) in [5.74, 6) is -0.576. The topological polar surface area (TPSA) is 40.5 Å². The third-order valence-electron chi connectivity index (χ3n) is 1.79. The Morgan fingerprint density at radius 2 is 2.25 bits per heavy atom. The molecule has 1 aliphatic rings. The van der Waals surface area contributed by atoms with Gasteiger partial charge >= 0.3 is 0 Å². The van der Waals surface area contributed by atoms with Crippen molar-refractivity contribution in [3.05, 3.63) is 23.8 Å². The Morgan fingerprint density at radius 1 is 1.58 bits per heavy atom. The molecule has 12 heavy (non-hydrogen) atoms. The smallest absolute Gasteiger partial charge is 0.192 e. The van der Waals surface area contributed by atoms with Crippen LogP contribution in [0.2, 0.25) is 0 Å². The van der Waals surface area contributed by atoms with E-state index >= 15 is 0 Å². The van der Waals surface area contributed by atoms with E-state index in [0.717, 1.165) is 0 Å². The molecular weight excluding hydrogens is 227 g/mol. The van der Waals surface area contributed by atoms with Crippen molar-refractivity contribution in [3.8, 4) is 0 Å². The Morgan fingerprint density at radius 3 is 2.67 bits per heavy atom. The maximum Gasteiger partial charge on any atom is 0.192 e. The normalized spacial score (nSPS) is 35.0. The molecule has 0 fully saturated rings. The lowest BCUT2D eigenvalue weighted by Gasteiger charge is -2.25. The van der Waals surface area contributed by atoms with Gasteiger partial charge in [0, 0.05) is 5.92 Å². The van der Waals surface area contributed by atoms with Crippen LogP contribution in [0.15, 0.2) is 23.8 Å². The van der Waals surface area contributed by atoms with Gasteiger partial charge in [-0.05, 0) is 27.6 Å². The first kappa shape index (κ1) is 9.89. The standard InChI is InChI=1S/C8H10BrFO2/c9-8(10)3-6(4-11)1-2-7(8)5-12/h1-3,7,11-12H,4-5H2. The molecule has 0 aromatic carbocycles. The molecule has 0 aliphatic heterocycles. The molecule has 0 saturated carbocycles. The SMILES string of the molecule is OCC1=CC(F)(Br)C(CO)C=C1. The van der Waals surface area contributed by atoms with E-state index in [1.807, 2.05) is 0 Å². The largest absolute Gasteiger partial charge is 0.396 e. The van der Waals surface area contributed by atoms with Gasteiger partial charge in [-0.1, -0.05) is 12.2 Å². The van der Waals surface area contributed by atoms with E-state index in [9.17, 15) is 4.39 Å². The van der Waals surface area contributed by atoms with E-state index in [-0.39, 0.29) is 13.2 Å². The van der Waals surface area contributed by atoms with Crippen molar-refractivity contribution in [2.24, 2.45) is 5.92 Å². The molecule has 2 nitrogen and oxygen atoms in total. The molecule has 0 aromatic rings. The summed E-state index contributed by atoms with van der Waals surface area (Å²) in [6.45, 7) is -0.445. The molecule has 1 rings (SSSR count). The average molecular weight is 237 g/mol. The molecule has 0 bridgehead atoms. The second-order valence-corrected chi connectivity index (χ2v) is 3.92. The summed E-state index contributed by atoms with van der Waals surface area (Å²) in [4.78, 5) is 0. The van der Waals surface area contributed by atoms with E-state index in [4.69, 9.17) is 10.2 Å². The molecule has 2 N–H and O–H groups in total. The van der Waals surface area contributed by atoms with Crippen LogP contribution in [-0.4, -0.2) is 28.0 Å². The summed E-state index contributed by atoms with van der Waals surface area (Å²) in [5, 5.41) is 17.5. The molecule has 2 unspecified atom stereocenters. The van der Waals surface area contributed by atoms with Crippen LogP contribution >= 0.6 is 15.9 Å². The Labute approximate surface area is 78.5 Å². The molecule has 0 spiro atoms. The van der Waals surface area contributed by atoms with Gasteiger partial charge < -0.3 is 10.2 Å². The van der Waals surface area contributed by atoms with Crippen LogP contribution in [0.1, 0.15) is 0 Å². The predicted octanol–water partition coefficient (Wildman–Crippen LogP) is 1.14. The number of hydrogen-bond acceptors (Lipinski definition) is 2. The minimum absolute atomic E-state index is 0.189. The zero-order valence-corrected chi connectivity index (χ0v) is 7.96. The van der Waals surface area contributed by atoms with Crippen molar-refractivity contribution in [1.29, 1.82) is 0 Å². The summed E-state index contributed by atoms with van der Waals surface area (Å²) in [6, 6.07) is 0. The van der Waals surface area contributed by atoms with E-state index in [0.29, 0.717) is 5.57 Å². The van der Waals surface area contributed by atoms with E-state index < -0.39 is 10.5 Å². The molecule has 0 amide bonds. The second kappa shape index (κ2) is 3.68. The lowest BCUT2D eigenvalue weighted by atomic mass is 9.96. The van der Waals surface area contributed by atoms with Gasteiger partial charge in [0.05, 0.1) is 13.2 Å². The number of alkyl halides is 2. The zero-order chi connectivity index (χ0) is 9.19. The van der Waals surface area contributed by atoms with Crippen LogP contribution in [-0.2, 0) is 0 Å². The highest BCUT2D eigenvalue weighted by molar-refractivity contribution is 9.10. The minimum Gasteiger partial charge on any atom is -0.396 e. The van der Waals surface area contributed by atoms with Gasteiger partial charge in [-0.15, -0.1) is 0 Å². The van der Waals surface area contributed by atoms with Gasteiger partial charge in [0.25, 0.3) is 0 Å². The molecule has 0 heterocycles. The fraction of sp³-hybridized carbons (Fsp3) is 0.500. The van der Waals surface area contributed by atoms with E-state index in [1.54, 1.807) is 12.2 Å². The summed E-state index contributed by atoms with van der Waals surface area (Å²) < 4.78 is 11.8. The Kier molecular flexibility index (Phi) is 3.04. The summed E-state index contributed by atoms with van der Waals surface area (Å²) in [5.41, 5.74) is 0.513. The van der Waals surface area contributed by atoms with Gasteiger partial charge in [0.15, 0.2) is 4.58 Å². The van der Waals surface area contributed by atoms with Crippen molar-refractivity contribution < 1.29 is 14.6 Å². The molecule has 0 aromatic heterocycles. The van der Waals surface area contributed by atoms with Crippen LogP contribution in [0, 0.1) is 5.92 Å². The van der Waals surface area contributed by atoms with Crippen LogP contribution in [0.25, 0.3) is 0 Å². The highest BCUT2D eigenvalue weighted by Crippen LogP contribution is 2.36. The first-order valence-electron chi connectivity index (χ1n) is 3.59.